The molecule has 186 valence electrons. The van der Waals surface area contributed by atoms with E-state index in [9.17, 15) is 24.9 Å². The molecule has 34 heavy (non-hydrogen) atoms. The Hall–Kier alpha value is -1.76. The topological polar surface area (TPSA) is 104 Å². The van der Waals surface area contributed by atoms with Gasteiger partial charge in [-0.25, -0.2) is 4.79 Å². The van der Waals surface area contributed by atoms with Crippen LogP contribution in [0.5, 0.6) is 0 Å². The fourth-order valence-electron chi connectivity index (χ4n) is 8.41. The molecule has 0 saturated heterocycles. The molecule has 0 aromatic heterocycles. The Balaban J connectivity index is 1.53. The lowest BCUT2D eigenvalue weighted by Gasteiger charge is -2.63. The molecule has 5 aliphatic rings. The number of hydrogen-bond acceptors (Lipinski definition) is 6. The molecule has 0 radical (unpaired) electrons. The van der Waals surface area contributed by atoms with Gasteiger partial charge in [0, 0.05) is 17.4 Å². The second-order valence-corrected chi connectivity index (χ2v) is 12.2. The summed E-state index contributed by atoms with van der Waals surface area (Å²) in [4.78, 5) is 25.5. The number of allylic oxidation sites excluding steroid dienone is 4. The Morgan fingerprint density at radius 3 is 2.47 bits per heavy atom. The first kappa shape index (κ1) is 24.0. The number of carbonyl (C=O) groups is 2. The molecule has 0 unspecified atom stereocenters. The Kier molecular flexibility index (Phi) is 5.03. The van der Waals surface area contributed by atoms with Crippen LogP contribution in [0, 0.1) is 22.7 Å². The molecule has 0 spiro atoms. The largest absolute Gasteiger partial charge is 0.455 e. The minimum atomic E-state index is -1.75. The summed E-state index contributed by atoms with van der Waals surface area (Å²) in [6.45, 7) is 9.01. The highest BCUT2D eigenvalue weighted by atomic mass is 16.6. The smallest absolute Gasteiger partial charge is 0.334 e. The molecule has 2 saturated carbocycles. The molecule has 3 N–H and O–H groups in total. The molecule has 0 bridgehead atoms. The third-order valence-electron chi connectivity index (χ3n) is 11.1. The maximum atomic E-state index is 13.1. The van der Waals surface area contributed by atoms with Crippen molar-refractivity contribution in [2.24, 2.45) is 22.7 Å². The second kappa shape index (κ2) is 7.14. The maximum Gasteiger partial charge on any atom is 0.334 e. The fourth-order valence-corrected chi connectivity index (χ4v) is 8.41. The zero-order valence-electron chi connectivity index (χ0n) is 21.0. The number of rotatable bonds is 2. The van der Waals surface area contributed by atoms with Gasteiger partial charge < -0.3 is 20.1 Å². The summed E-state index contributed by atoms with van der Waals surface area (Å²) < 4.78 is 5.63. The highest BCUT2D eigenvalue weighted by Gasteiger charge is 2.76. The van der Waals surface area contributed by atoms with Crippen molar-refractivity contribution in [3.63, 3.8) is 0 Å². The average molecular weight is 471 g/mol. The minimum Gasteiger partial charge on any atom is -0.455 e. The standard InChI is InChI=1S/C28H38O6/c1-16-15-22(34-23(30)17(16)2)26(5,31)28(33)14-13-27(32)20-10-9-18-7-6-8-21(29)25(18,4)19(20)11-12-24(27,28)3/h6,8-9,19-20,22,31-33H,7,10-15H2,1-5H3/t19-,20+,22-,24-,25-,26-,27+,28+/m0/s1. The van der Waals surface area contributed by atoms with E-state index < -0.39 is 39.7 Å². The lowest BCUT2D eigenvalue weighted by Crippen LogP contribution is -2.72. The van der Waals surface area contributed by atoms with Gasteiger partial charge in [0.1, 0.15) is 17.3 Å². The van der Waals surface area contributed by atoms with Crippen LogP contribution in [-0.2, 0) is 14.3 Å². The predicted molar refractivity (Wildman–Crippen MR) is 127 cm³/mol. The zero-order valence-corrected chi connectivity index (χ0v) is 21.0. The number of hydrogen-bond donors (Lipinski definition) is 3. The van der Waals surface area contributed by atoms with Crippen LogP contribution in [0.25, 0.3) is 0 Å². The van der Waals surface area contributed by atoms with Crippen LogP contribution in [0.2, 0.25) is 0 Å². The van der Waals surface area contributed by atoms with Crippen molar-refractivity contribution in [3.05, 3.63) is 34.9 Å². The highest BCUT2D eigenvalue weighted by Crippen LogP contribution is 2.70. The number of esters is 1. The van der Waals surface area contributed by atoms with E-state index in [-0.39, 0.29) is 24.0 Å². The number of fused-ring (bicyclic) bond motifs is 5. The van der Waals surface area contributed by atoms with E-state index in [1.165, 1.54) is 0 Å². The van der Waals surface area contributed by atoms with Crippen LogP contribution in [0.1, 0.15) is 79.6 Å². The molecule has 1 heterocycles. The summed E-state index contributed by atoms with van der Waals surface area (Å²) in [5.74, 6) is -0.589. The van der Waals surface area contributed by atoms with Crippen LogP contribution < -0.4 is 0 Å². The van der Waals surface area contributed by atoms with Crippen LogP contribution >= 0.6 is 0 Å². The number of aliphatic hydroxyl groups is 3. The Bertz CT molecular complexity index is 1050. The van der Waals surface area contributed by atoms with Crippen molar-refractivity contribution < 1.29 is 29.6 Å². The van der Waals surface area contributed by atoms with Crippen molar-refractivity contribution in [3.8, 4) is 0 Å². The van der Waals surface area contributed by atoms with Crippen LogP contribution in [0.15, 0.2) is 34.9 Å². The third kappa shape index (κ3) is 2.63. The summed E-state index contributed by atoms with van der Waals surface area (Å²) in [6.07, 6.45) is 8.28. The summed E-state index contributed by atoms with van der Waals surface area (Å²) in [5, 5.41) is 36.5. The van der Waals surface area contributed by atoms with Gasteiger partial charge in [-0.2, -0.15) is 0 Å². The molecule has 6 heteroatoms. The monoisotopic (exact) mass is 470 g/mol. The van der Waals surface area contributed by atoms with Crippen LogP contribution in [0.4, 0.5) is 0 Å². The number of cyclic esters (lactones) is 1. The molecule has 8 atom stereocenters. The van der Waals surface area contributed by atoms with E-state index in [1.807, 2.05) is 26.8 Å². The van der Waals surface area contributed by atoms with Gasteiger partial charge in [-0.15, -0.1) is 0 Å². The summed E-state index contributed by atoms with van der Waals surface area (Å²) in [5.41, 5.74) is -3.78. The van der Waals surface area contributed by atoms with E-state index in [0.29, 0.717) is 37.7 Å². The van der Waals surface area contributed by atoms with Gasteiger partial charge >= 0.3 is 5.97 Å². The molecular weight excluding hydrogens is 432 g/mol. The molecule has 1 aliphatic heterocycles. The lowest BCUT2D eigenvalue weighted by molar-refractivity contribution is -0.279. The second-order valence-electron chi connectivity index (χ2n) is 12.2. The van der Waals surface area contributed by atoms with Gasteiger partial charge in [0.25, 0.3) is 0 Å². The van der Waals surface area contributed by atoms with E-state index in [4.69, 9.17) is 4.74 Å². The number of ether oxygens (including phenoxy) is 1. The van der Waals surface area contributed by atoms with E-state index in [2.05, 4.69) is 6.08 Å². The molecule has 0 amide bonds. The van der Waals surface area contributed by atoms with E-state index in [0.717, 1.165) is 17.6 Å². The Morgan fingerprint density at radius 1 is 1.09 bits per heavy atom. The van der Waals surface area contributed by atoms with Crippen LogP contribution in [0.3, 0.4) is 0 Å². The predicted octanol–water partition coefficient (Wildman–Crippen LogP) is 3.54. The Labute approximate surface area is 201 Å². The normalized spacial score (nSPS) is 47.9. The first-order valence-electron chi connectivity index (χ1n) is 12.7. The minimum absolute atomic E-state index is 0.0179. The van der Waals surface area contributed by atoms with Gasteiger partial charge in [0.2, 0.25) is 0 Å². The first-order chi connectivity index (χ1) is 15.7. The summed E-state index contributed by atoms with van der Waals surface area (Å²) >= 11 is 0. The van der Waals surface area contributed by atoms with Crippen molar-refractivity contribution in [2.45, 2.75) is 102 Å². The maximum absolute atomic E-state index is 13.1. The molecule has 0 aromatic carbocycles. The van der Waals surface area contributed by atoms with Crippen molar-refractivity contribution >= 4 is 11.8 Å². The molecule has 4 aliphatic carbocycles. The summed E-state index contributed by atoms with van der Waals surface area (Å²) in [7, 11) is 0. The highest BCUT2D eigenvalue weighted by molar-refractivity contribution is 5.98. The van der Waals surface area contributed by atoms with Gasteiger partial charge in [0.05, 0.1) is 11.0 Å². The average Bonchev–Trinajstić information content (AvgIpc) is 3.00. The SMILES string of the molecule is CC1=C(C)C(=O)O[C@H]([C@](C)(O)[C@@]2(O)CC[C@@]3(O)[C@@H]4CC=C5CC=CC(=O)[C@]5(C)[C@H]4CC[C@]23C)C1. The molecular formula is C28H38O6. The van der Waals surface area contributed by atoms with Crippen LogP contribution in [-0.4, -0.2) is 50.0 Å². The zero-order chi connectivity index (χ0) is 24.9. The van der Waals surface area contributed by atoms with Gasteiger partial charge in [-0.05, 0) is 84.1 Å². The molecule has 5 rings (SSSR count). The molecule has 6 nitrogen and oxygen atoms in total. The third-order valence-corrected chi connectivity index (χ3v) is 11.1. The quantitative estimate of drug-likeness (QED) is 0.421. The first-order valence-corrected chi connectivity index (χ1v) is 12.7. The lowest BCUT2D eigenvalue weighted by atomic mass is 9.44. The van der Waals surface area contributed by atoms with Crippen molar-refractivity contribution in [1.29, 1.82) is 0 Å². The fraction of sp³-hybridized carbons (Fsp3) is 0.714. The van der Waals surface area contributed by atoms with E-state index >= 15 is 0 Å². The number of carbonyl (C=O) groups excluding carboxylic acids is 2. The van der Waals surface area contributed by atoms with Gasteiger partial charge in [0.15, 0.2) is 5.78 Å². The molecule has 2 fully saturated rings. The van der Waals surface area contributed by atoms with Crippen molar-refractivity contribution in [1.82, 2.24) is 0 Å². The summed E-state index contributed by atoms with van der Waals surface area (Å²) in [6, 6.07) is 0. The molecule has 0 aromatic rings. The number of ketones is 1. The van der Waals surface area contributed by atoms with E-state index in [1.54, 1.807) is 19.9 Å². The Morgan fingerprint density at radius 2 is 1.79 bits per heavy atom. The van der Waals surface area contributed by atoms with Gasteiger partial charge in [-0.1, -0.05) is 30.2 Å². The van der Waals surface area contributed by atoms with Crippen molar-refractivity contribution in [2.75, 3.05) is 0 Å². The van der Waals surface area contributed by atoms with Gasteiger partial charge in [-0.3, -0.25) is 4.79 Å².